The van der Waals surface area contributed by atoms with E-state index in [0.717, 1.165) is 12.8 Å². The molecule has 78 valence electrons. The van der Waals surface area contributed by atoms with Crippen molar-refractivity contribution in [2.24, 2.45) is 0 Å². The number of carbonyl (C=O) groups is 1. The molecule has 1 aliphatic heterocycles. The lowest BCUT2D eigenvalue weighted by Gasteiger charge is -2.15. The first-order valence-electron chi connectivity index (χ1n) is 5.35. The Labute approximate surface area is 86.7 Å². The van der Waals surface area contributed by atoms with E-state index in [9.17, 15) is 4.79 Å². The fourth-order valence-corrected chi connectivity index (χ4v) is 1.75. The zero-order valence-electron chi connectivity index (χ0n) is 9.18. The molecule has 0 aliphatic carbocycles. The summed E-state index contributed by atoms with van der Waals surface area (Å²) >= 11 is 0. The molecule has 1 atom stereocenters. The van der Waals surface area contributed by atoms with E-state index in [1.165, 1.54) is 19.4 Å². The van der Waals surface area contributed by atoms with Crippen molar-refractivity contribution in [3.63, 3.8) is 0 Å². The van der Waals surface area contributed by atoms with Crippen molar-refractivity contribution in [2.75, 3.05) is 13.6 Å². The van der Waals surface area contributed by atoms with Crippen molar-refractivity contribution < 1.29 is 4.79 Å². The maximum atomic E-state index is 10.6. The van der Waals surface area contributed by atoms with E-state index >= 15 is 0 Å². The van der Waals surface area contributed by atoms with E-state index in [2.05, 4.69) is 23.8 Å². The van der Waals surface area contributed by atoms with Gasteiger partial charge in [0, 0.05) is 25.3 Å². The molecule has 0 radical (unpaired) electrons. The SMILES string of the molecule is CC(=O)CCC#CC[C@@H]1CCCN1C. The summed E-state index contributed by atoms with van der Waals surface area (Å²) in [7, 11) is 2.16. The van der Waals surface area contributed by atoms with Gasteiger partial charge < -0.3 is 4.90 Å². The van der Waals surface area contributed by atoms with E-state index in [0.29, 0.717) is 12.5 Å². The Hall–Kier alpha value is -0.810. The Morgan fingerprint density at radius 2 is 2.29 bits per heavy atom. The van der Waals surface area contributed by atoms with Crippen LogP contribution in [0.3, 0.4) is 0 Å². The van der Waals surface area contributed by atoms with Crippen LogP contribution >= 0.6 is 0 Å². The topological polar surface area (TPSA) is 20.3 Å². The quantitative estimate of drug-likeness (QED) is 0.637. The van der Waals surface area contributed by atoms with Crippen molar-refractivity contribution in [3.8, 4) is 11.8 Å². The molecule has 0 bridgehead atoms. The van der Waals surface area contributed by atoms with Gasteiger partial charge in [0.2, 0.25) is 0 Å². The van der Waals surface area contributed by atoms with Crippen LogP contribution in [-0.2, 0) is 4.79 Å². The Balaban J connectivity index is 2.15. The first kappa shape index (κ1) is 11.3. The van der Waals surface area contributed by atoms with Crippen LogP contribution in [0.1, 0.15) is 39.0 Å². The highest BCUT2D eigenvalue weighted by molar-refractivity contribution is 5.75. The fourth-order valence-electron chi connectivity index (χ4n) is 1.75. The van der Waals surface area contributed by atoms with E-state index in [1.807, 2.05) is 0 Å². The van der Waals surface area contributed by atoms with Gasteiger partial charge >= 0.3 is 0 Å². The molecule has 0 saturated carbocycles. The van der Waals surface area contributed by atoms with Crippen LogP contribution in [0.5, 0.6) is 0 Å². The summed E-state index contributed by atoms with van der Waals surface area (Å²) in [4.78, 5) is 13.0. The number of hydrogen-bond donors (Lipinski definition) is 0. The molecule has 0 unspecified atom stereocenters. The molecular formula is C12H19NO. The van der Waals surface area contributed by atoms with E-state index in [1.54, 1.807) is 6.92 Å². The van der Waals surface area contributed by atoms with Gasteiger partial charge in [0.1, 0.15) is 5.78 Å². The Morgan fingerprint density at radius 1 is 1.50 bits per heavy atom. The lowest BCUT2D eigenvalue weighted by molar-refractivity contribution is -0.116. The summed E-state index contributed by atoms with van der Waals surface area (Å²) in [5.41, 5.74) is 0. The molecule has 1 fully saturated rings. The number of hydrogen-bond acceptors (Lipinski definition) is 2. The minimum absolute atomic E-state index is 0.234. The van der Waals surface area contributed by atoms with Crippen LogP contribution in [0.25, 0.3) is 0 Å². The first-order chi connectivity index (χ1) is 6.70. The summed E-state index contributed by atoms with van der Waals surface area (Å²) in [6, 6.07) is 0.653. The van der Waals surface area contributed by atoms with E-state index in [-0.39, 0.29) is 5.78 Å². The number of nitrogens with zero attached hydrogens (tertiary/aromatic N) is 1. The van der Waals surface area contributed by atoms with Crippen molar-refractivity contribution >= 4 is 5.78 Å². The zero-order valence-corrected chi connectivity index (χ0v) is 9.18. The molecule has 1 rings (SSSR count). The molecule has 0 amide bonds. The summed E-state index contributed by atoms with van der Waals surface area (Å²) in [6.45, 7) is 2.83. The van der Waals surface area contributed by atoms with Crippen molar-refractivity contribution in [3.05, 3.63) is 0 Å². The number of carbonyl (C=O) groups excluding carboxylic acids is 1. The van der Waals surface area contributed by atoms with E-state index in [4.69, 9.17) is 0 Å². The molecule has 0 aromatic rings. The van der Waals surface area contributed by atoms with Gasteiger partial charge in [-0.05, 0) is 33.4 Å². The molecular weight excluding hydrogens is 174 g/mol. The zero-order chi connectivity index (χ0) is 10.4. The average Bonchev–Trinajstić information content (AvgIpc) is 2.51. The summed E-state index contributed by atoms with van der Waals surface area (Å²) in [5, 5.41) is 0. The first-order valence-corrected chi connectivity index (χ1v) is 5.35. The van der Waals surface area contributed by atoms with Crippen LogP contribution in [0.2, 0.25) is 0 Å². The van der Waals surface area contributed by atoms with Crippen LogP contribution < -0.4 is 0 Å². The average molecular weight is 193 g/mol. The monoisotopic (exact) mass is 193 g/mol. The van der Waals surface area contributed by atoms with Gasteiger partial charge in [0.05, 0.1) is 0 Å². The fraction of sp³-hybridized carbons (Fsp3) is 0.750. The van der Waals surface area contributed by atoms with Crippen molar-refractivity contribution in [1.82, 2.24) is 4.90 Å². The molecule has 0 spiro atoms. The van der Waals surface area contributed by atoms with Gasteiger partial charge in [-0.1, -0.05) is 0 Å². The molecule has 2 nitrogen and oxygen atoms in total. The highest BCUT2D eigenvalue weighted by atomic mass is 16.1. The highest BCUT2D eigenvalue weighted by Gasteiger charge is 2.18. The normalized spacial score (nSPS) is 21.7. The number of likely N-dealkylation sites (tertiary alicyclic amines) is 1. The molecule has 1 saturated heterocycles. The van der Waals surface area contributed by atoms with Gasteiger partial charge in [-0.3, -0.25) is 4.79 Å². The highest BCUT2D eigenvalue weighted by Crippen LogP contribution is 2.16. The van der Waals surface area contributed by atoms with Crippen molar-refractivity contribution in [1.29, 1.82) is 0 Å². The smallest absolute Gasteiger partial charge is 0.130 e. The maximum Gasteiger partial charge on any atom is 0.130 e. The predicted octanol–water partition coefficient (Wildman–Crippen LogP) is 1.84. The second-order valence-corrected chi connectivity index (χ2v) is 4.04. The van der Waals surface area contributed by atoms with Crippen LogP contribution in [0.15, 0.2) is 0 Å². The van der Waals surface area contributed by atoms with Crippen LogP contribution in [-0.4, -0.2) is 30.3 Å². The molecule has 0 N–H and O–H groups in total. The van der Waals surface area contributed by atoms with Gasteiger partial charge in [0.15, 0.2) is 0 Å². The summed E-state index contributed by atoms with van der Waals surface area (Å²) < 4.78 is 0. The van der Waals surface area contributed by atoms with E-state index < -0.39 is 0 Å². The second-order valence-electron chi connectivity index (χ2n) is 4.04. The molecule has 0 aromatic heterocycles. The molecule has 1 heterocycles. The van der Waals surface area contributed by atoms with Crippen LogP contribution in [0, 0.1) is 11.8 Å². The molecule has 2 heteroatoms. The Kier molecular flexibility index (Phi) is 4.69. The third kappa shape index (κ3) is 3.93. The molecule has 14 heavy (non-hydrogen) atoms. The van der Waals surface area contributed by atoms with Crippen LogP contribution in [0.4, 0.5) is 0 Å². The Bertz CT molecular complexity index is 249. The minimum Gasteiger partial charge on any atom is -0.302 e. The second kappa shape index (κ2) is 5.82. The van der Waals surface area contributed by atoms with Crippen molar-refractivity contribution in [2.45, 2.75) is 45.1 Å². The summed E-state index contributed by atoms with van der Waals surface area (Å²) in [6.07, 6.45) is 4.88. The Morgan fingerprint density at radius 3 is 2.86 bits per heavy atom. The summed E-state index contributed by atoms with van der Waals surface area (Å²) in [5.74, 6) is 6.47. The number of Topliss-reactive ketones (excluding diaryl/α,β-unsaturated/α-hetero) is 1. The number of rotatable bonds is 3. The molecule has 1 aliphatic rings. The van der Waals surface area contributed by atoms with Gasteiger partial charge in [-0.2, -0.15) is 0 Å². The standard InChI is InChI=1S/C12H19NO/c1-11(14)7-4-3-5-8-12-9-6-10-13(12)2/h12H,4,6-10H2,1-2H3/t12-/m1/s1. The van der Waals surface area contributed by atoms with Gasteiger partial charge in [0.25, 0.3) is 0 Å². The number of ketones is 1. The lowest BCUT2D eigenvalue weighted by atomic mass is 10.1. The minimum atomic E-state index is 0.234. The van der Waals surface area contributed by atoms with Gasteiger partial charge in [-0.25, -0.2) is 0 Å². The third-order valence-corrected chi connectivity index (χ3v) is 2.74. The maximum absolute atomic E-state index is 10.6. The predicted molar refractivity (Wildman–Crippen MR) is 58.0 cm³/mol. The molecule has 0 aromatic carbocycles. The van der Waals surface area contributed by atoms with Gasteiger partial charge in [-0.15, -0.1) is 11.8 Å². The lowest BCUT2D eigenvalue weighted by Crippen LogP contribution is -2.23. The largest absolute Gasteiger partial charge is 0.302 e. The third-order valence-electron chi connectivity index (χ3n) is 2.74.